The molecule has 0 N–H and O–H groups in total. The molecule has 0 aliphatic heterocycles. The Bertz CT molecular complexity index is 556. The number of ether oxygens (including phenoxy) is 1. The van der Waals surface area contributed by atoms with Crippen LogP contribution in [-0.4, -0.2) is 22.7 Å². The van der Waals surface area contributed by atoms with E-state index in [1.54, 1.807) is 17.4 Å². The first-order chi connectivity index (χ1) is 8.79. The van der Waals surface area contributed by atoms with Crippen molar-refractivity contribution in [3.8, 4) is 17.5 Å². The highest BCUT2D eigenvalue weighted by atomic mass is 32.1. The Kier molecular flexibility index (Phi) is 4.04. The van der Waals surface area contributed by atoms with Crippen molar-refractivity contribution in [1.29, 1.82) is 5.26 Å². The molecule has 0 radical (unpaired) electrons. The van der Waals surface area contributed by atoms with E-state index in [1.165, 1.54) is 0 Å². The molecule has 2 aromatic heterocycles. The van der Waals surface area contributed by atoms with E-state index in [-0.39, 0.29) is 13.0 Å². The molecular weight excluding hydrogens is 254 g/mol. The Labute approximate surface area is 107 Å². The molecule has 0 amide bonds. The molecule has 2 aromatic rings. The van der Waals surface area contributed by atoms with Crippen LogP contribution in [0.4, 0.5) is 0 Å². The molecular formula is C11H9N3O3S. The molecule has 0 atom stereocenters. The van der Waals surface area contributed by atoms with Crippen LogP contribution >= 0.6 is 11.3 Å². The van der Waals surface area contributed by atoms with E-state index in [1.807, 2.05) is 16.8 Å². The molecule has 7 heteroatoms. The first kappa shape index (κ1) is 12.3. The van der Waals surface area contributed by atoms with Crippen molar-refractivity contribution in [3.63, 3.8) is 0 Å². The molecule has 0 aliphatic rings. The van der Waals surface area contributed by atoms with Crippen LogP contribution in [0.2, 0.25) is 0 Å². The smallest absolute Gasteiger partial charge is 0.307 e. The Morgan fingerprint density at radius 3 is 3.22 bits per heavy atom. The summed E-state index contributed by atoms with van der Waals surface area (Å²) in [6, 6.07) is 3.62. The zero-order valence-electron chi connectivity index (χ0n) is 9.33. The number of carbonyl (C=O) groups excluding carboxylic acids is 1. The minimum absolute atomic E-state index is 0.118. The van der Waals surface area contributed by atoms with Gasteiger partial charge in [0.1, 0.15) is 6.07 Å². The zero-order valence-corrected chi connectivity index (χ0v) is 10.1. The summed E-state index contributed by atoms with van der Waals surface area (Å²) in [5.74, 6) is 0.439. The van der Waals surface area contributed by atoms with Crippen LogP contribution in [-0.2, 0) is 16.0 Å². The number of aryl methyl sites for hydroxylation is 1. The lowest BCUT2D eigenvalue weighted by atomic mass is 10.3. The van der Waals surface area contributed by atoms with Crippen LogP contribution in [0.3, 0.4) is 0 Å². The number of thiophene rings is 1. The summed E-state index contributed by atoms with van der Waals surface area (Å²) in [6.07, 6.45) is 0.425. The highest BCUT2D eigenvalue weighted by molar-refractivity contribution is 7.08. The first-order valence-corrected chi connectivity index (χ1v) is 6.11. The normalized spacial score (nSPS) is 9.94. The molecule has 18 heavy (non-hydrogen) atoms. The maximum absolute atomic E-state index is 11.1. The summed E-state index contributed by atoms with van der Waals surface area (Å²) >= 11 is 1.54. The molecule has 0 saturated heterocycles. The number of rotatable bonds is 5. The van der Waals surface area contributed by atoms with Gasteiger partial charge in [0.05, 0.1) is 6.42 Å². The third-order valence-corrected chi connectivity index (χ3v) is 2.77. The molecule has 0 bridgehead atoms. The third-order valence-electron chi connectivity index (χ3n) is 2.09. The Morgan fingerprint density at radius 2 is 2.50 bits per heavy atom. The number of nitrogens with zero attached hydrogens (tertiary/aromatic N) is 3. The van der Waals surface area contributed by atoms with Crippen LogP contribution in [0.5, 0.6) is 0 Å². The van der Waals surface area contributed by atoms with E-state index in [0.29, 0.717) is 18.1 Å². The Hall–Kier alpha value is -2.20. The number of hydrogen-bond acceptors (Lipinski definition) is 7. The minimum Gasteiger partial charge on any atom is -0.450 e. The van der Waals surface area contributed by atoms with Crippen LogP contribution < -0.4 is 0 Å². The average Bonchev–Trinajstić information content (AvgIpc) is 3.03. The molecule has 6 nitrogen and oxygen atoms in total. The minimum atomic E-state index is -0.452. The highest BCUT2D eigenvalue weighted by Gasteiger charge is 2.11. The van der Waals surface area contributed by atoms with Gasteiger partial charge in [-0.2, -0.15) is 21.6 Å². The second-order valence-corrected chi connectivity index (χ2v) is 4.12. The quantitative estimate of drug-likeness (QED) is 0.764. The fourth-order valence-corrected chi connectivity index (χ4v) is 1.89. The maximum Gasteiger partial charge on any atom is 0.307 e. The lowest BCUT2D eigenvalue weighted by molar-refractivity contribution is -0.142. The lowest BCUT2D eigenvalue weighted by Gasteiger charge is -1.96. The summed E-state index contributed by atoms with van der Waals surface area (Å²) in [4.78, 5) is 15.3. The summed E-state index contributed by atoms with van der Waals surface area (Å²) in [7, 11) is 0. The molecule has 0 unspecified atom stereocenters. The van der Waals surface area contributed by atoms with E-state index < -0.39 is 5.97 Å². The highest BCUT2D eigenvalue weighted by Crippen LogP contribution is 2.18. The number of nitriles is 1. The van der Waals surface area contributed by atoms with Gasteiger partial charge in [-0.15, -0.1) is 0 Å². The maximum atomic E-state index is 11.1. The molecule has 0 fully saturated rings. The van der Waals surface area contributed by atoms with E-state index >= 15 is 0 Å². The van der Waals surface area contributed by atoms with Gasteiger partial charge in [-0.1, -0.05) is 5.16 Å². The summed E-state index contributed by atoms with van der Waals surface area (Å²) in [5.41, 5.74) is 0.891. The number of carbonyl (C=O) groups is 1. The van der Waals surface area contributed by atoms with Gasteiger partial charge >= 0.3 is 5.97 Å². The van der Waals surface area contributed by atoms with Crippen molar-refractivity contribution in [2.45, 2.75) is 12.8 Å². The molecule has 2 heterocycles. The predicted octanol–water partition coefficient (Wildman–Crippen LogP) is 1.80. The number of esters is 1. The number of aromatic nitrogens is 2. The summed E-state index contributed by atoms with van der Waals surface area (Å²) < 4.78 is 9.62. The zero-order chi connectivity index (χ0) is 12.8. The largest absolute Gasteiger partial charge is 0.450 e. The standard InChI is InChI=1S/C11H9N3O3S/c12-4-5-16-10(15)2-1-9-13-11(14-17-9)8-3-6-18-7-8/h3,6-7H,1-2,5H2. The predicted molar refractivity (Wildman–Crippen MR) is 62.5 cm³/mol. The van der Waals surface area contributed by atoms with Crippen molar-refractivity contribution < 1.29 is 14.1 Å². The van der Waals surface area contributed by atoms with Crippen molar-refractivity contribution in [3.05, 3.63) is 22.7 Å². The van der Waals surface area contributed by atoms with Gasteiger partial charge < -0.3 is 9.26 Å². The van der Waals surface area contributed by atoms with Gasteiger partial charge in [-0.3, -0.25) is 4.79 Å². The fourth-order valence-electron chi connectivity index (χ4n) is 1.26. The van der Waals surface area contributed by atoms with Crippen LogP contribution in [0.25, 0.3) is 11.4 Å². The SMILES string of the molecule is N#CCOC(=O)CCc1nc(-c2ccsc2)no1. The summed E-state index contributed by atoms with van der Waals surface area (Å²) in [6.45, 7) is -0.233. The lowest BCUT2D eigenvalue weighted by Crippen LogP contribution is -2.05. The van der Waals surface area contributed by atoms with Gasteiger partial charge in [-0.05, 0) is 11.4 Å². The monoisotopic (exact) mass is 263 g/mol. The second kappa shape index (κ2) is 5.93. The fraction of sp³-hybridized carbons (Fsp3) is 0.273. The van der Waals surface area contributed by atoms with Crippen molar-refractivity contribution >= 4 is 17.3 Å². The van der Waals surface area contributed by atoms with E-state index in [2.05, 4.69) is 14.9 Å². The topological polar surface area (TPSA) is 89.0 Å². The Morgan fingerprint density at radius 1 is 1.61 bits per heavy atom. The van der Waals surface area contributed by atoms with Gasteiger partial charge in [-0.25, -0.2) is 0 Å². The van der Waals surface area contributed by atoms with E-state index in [9.17, 15) is 4.79 Å². The molecule has 2 rings (SSSR count). The third kappa shape index (κ3) is 3.15. The van der Waals surface area contributed by atoms with Gasteiger partial charge in [0, 0.05) is 17.4 Å². The van der Waals surface area contributed by atoms with E-state index in [0.717, 1.165) is 5.56 Å². The molecule has 0 saturated carbocycles. The summed E-state index contributed by atoms with van der Waals surface area (Å²) in [5, 5.41) is 15.9. The van der Waals surface area contributed by atoms with Crippen molar-refractivity contribution in [2.24, 2.45) is 0 Å². The van der Waals surface area contributed by atoms with Gasteiger partial charge in [0.25, 0.3) is 0 Å². The average molecular weight is 263 g/mol. The molecule has 0 aromatic carbocycles. The second-order valence-electron chi connectivity index (χ2n) is 3.34. The molecule has 0 aliphatic carbocycles. The van der Waals surface area contributed by atoms with Crippen molar-refractivity contribution in [1.82, 2.24) is 10.1 Å². The Balaban J connectivity index is 1.88. The van der Waals surface area contributed by atoms with Crippen LogP contribution in [0.1, 0.15) is 12.3 Å². The first-order valence-electron chi connectivity index (χ1n) is 5.17. The van der Waals surface area contributed by atoms with Crippen molar-refractivity contribution in [2.75, 3.05) is 6.61 Å². The van der Waals surface area contributed by atoms with Crippen LogP contribution in [0, 0.1) is 11.3 Å². The number of hydrogen-bond donors (Lipinski definition) is 0. The van der Waals surface area contributed by atoms with Gasteiger partial charge in [0.15, 0.2) is 6.61 Å². The van der Waals surface area contributed by atoms with E-state index in [4.69, 9.17) is 9.78 Å². The van der Waals surface area contributed by atoms with Crippen LogP contribution in [0.15, 0.2) is 21.3 Å². The molecule has 0 spiro atoms. The molecule has 92 valence electrons. The van der Waals surface area contributed by atoms with Gasteiger partial charge in [0.2, 0.25) is 11.7 Å².